The van der Waals surface area contributed by atoms with Gasteiger partial charge in [-0.05, 0) is 31.2 Å². The Morgan fingerprint density at radius 2 is 1.62 bits per heavy atom. The predicted octanol–water partition coefficient (Wildman–Crippen LogP) is 2.79. The predicted molar refractivity (Wildman–Crippen MR) is 86.6 cm³/mol. The summed E-state index contributed by atoms with van der Waals surface area (Å²) in [4.78, 5) is 11.7. The van der Waals surface area contributed by atoms with Crippen LogP contribution in [0.3, 0.4) is 0 Å². The van der Waals surface area contributed by atoms with Crippen LogP contribution in [0.5, 0.6) is 5.75 Å². The summed E-state index contributed by atoms with van der Waals surface area (Å²) in [5.41, 5.74) is 0.909. The lowest BCUT2D eigenvalue weighted by molar-refractivity contribution is -0.138. The van der Waals surface area contributed by atoms with Crippen molar-refractivity contribution in [2.75, 3.05) is 7.11 Å². The summed E-state index contributed by atoms with van der Waals surface area (Å²) >= 11 is 0. The van der Waals surface area contributed by atoms with E-state index < -0.39 is 16.1 Å². The summed E-state index contributed by atoms with van der Waals surface area (Å²) in [7, 11) is -2.92. The Morgan fingerprint density at radius 3 is 2.21 bits per heavy atom. The number of esters is 1. The molecule has 0 spiro atoms. The molecule has 0 N–H and O–H groups in total. The van der Waals surface area contributed by atoms with E-state index in [1.54, 1.807) is 42.5 Å². The molecule has 2 aromatic rings. The molecule has 126 valence electrons. The fourth-order valence-corrected chi connectivity index (χ4v) is 2.49. The molecule has 0 aliphatic rings. The Kier molecular flexibility index (Phi) is 5.59. The van der Waals surface area contributed by atoms with Crippen LogP contribution in [0.15, 0.2) is 71.5 Å². The lowest BCUT2D eigenvalue weighted by Gasteiger charge is -2.09. The van der Waals surface area contributed by atoms with Crippen LogP contribution >= 0.6 is 0 Å². The fourth-order valence-electron chi connectivity index (χ4n) is 1.70. The van der Waals surface area contributed by atoms with E-state index in [4.69, 9.17) is 8.92 Å². The number of para-hydroxylation sites is 1. The number of methoxy groups -OCH3 is 1. The zero-order valence-electron chi connectivity index (χ0n) is 13.1. The first-order chi connectivity index (χ1) is 11.4. The van der Waals surface area contributed by atoms with Crippen LogP contribution in [0.2, 0.25) is 0 Å². The number of carbonyl (C=O) groups is 1. The van der Waals surface area contributed by atoms with Crippen molar-refractivity contribution in [3.8, 4) is 5.75 Å². The van der Waals surface area contributed by atoms with Crippen molar-refractivity contribution in [1.29, 1.82) is 0 Å². The Labute approximate surface area is 140 Å². The minimum atomic E-state index is -4.07. The summed E-state index contributed by atoms with van der Waals surface area (Å²) in [5, 5.41) is 0. The minimum Gasteiger partial charge on any atom is -0.463 e. The van der Waals surface area contributed by atoms with Crippen molar-refractivity contribution in [3.63, 3.8) is 0 Å². The molecule has 0 unspecified atom stereocenters. The van der Waals surface area contributed by atoms with Crippen molar-refractivity contribution >= 4 is 16.1 Å². The number of ether oxygens (including phenoxy) is 2. The van der Waals surface area contributed by atoms with Gasteiger partial charge in [0.05, 0.1) is 7.11 Å². The quantitative estimate of drug-likeness (QED) is 0.346. The Bertz CT molecular complexity index is 823. The number of aryl methyl sites for hydroxylation is 1. The molecule has 2 aromatic carbocycles. The van der Waals surface area contributed by atoms with Gasteiger partial charge in [0, 0.05) is 0 Å². The summed E-state index contributed by atoms with van der Waals surface area (Å²) in [6, 6.07) is 14.5. The maximum absolute atomic E-state index is 12.1. The second-order valence-electron chi connectivity index (χ2n) is 4.75. The molecule has 0 amide bonds. The van der Waals surface area contributed by atoms with Gasteiger partial charge in [0.2, 0.25) is 5.76 Å². The van der Waals surface area contributed by atoms with Gasteiger partial charge in [-0.3, -0.25) is 0 Å². The van der Waals surface area contributed by atoms with Gasteiger partial charge in [0.25, 0.3) is 0 Å². The Balaban J connectivity index is 2.23. The smallest absolute Gasteiger partial charge is 0.377 e. The molecule has 0 aliphatic heterocycles. The Hall–Kier alpha value is -2.80. The molecular weight excluding hydrogens is 332 g/mol. The molecule has 2 rings (SSSR count). The zero-order valence-corrected chi connectivity index (χ0v) is 13.9. The van der Waals surface area contributed by atoms with Crippen LogP contribution in [0.4, 0.5) is 0 Å². The first kappa shape index (κ1) is 17.6. The van der Waals surface area contributed by atoms with E-state index >= 15 is 0 Å². The number of carbonyl (C=O) groups excluding carboxylic acids is 1. The van der Waals surface area contributed by atoms with Crippen LogP contribution in [-0.4, -0.2) is 21.5 Å². The van der Waals surface area contributed by atoms with Gasteiger partial charge in [0.15, 0.2) is 6.26 Å². The molecule has 0 aliphatic carbocycles. The van der Waals surface area contributed by atoms with E-state index in [1.165, 1.54) is 12.1 Å². The highest BCUT2D eigenvalue weighted by Gasteiger charge is 2.18. The molecule has 0 saturated heterocycles. The fraction of sp³-hybridized carbons (Fsp3) is 0.118. The number of hydrogen-bond donors (Lipinski definition) is 0. The third-order valence-electron chi connectivity index (χ3n) is 2.95. The van der Waals surface area contributed by atoms with Gasteiger partial charge in [-0.15, -0.1) is 0 Å². The van der Waals surface area contributed by atoms with Gasteiger partial charge < -0.3 is 13.7 Å². The maximum Gasteiger partial charge on any atom is 0.377 e. The van der Waals surface area contributed by atoms with Crippen LogP contribution in [0.1, 0.15) is 5.56 Å². The molecule has 6 nitrogen and oxygen atoms in total. The Morgan fingerprint density at radius 1 is 1.00 bits per heavy atom. The SMILES string of the molecule is COC(=O)/C(=C\OS(=O)(=O)c1ccc(C)cc1)Oc1ccccc1. The standard InChI is InChI=1S/C17H16O6S/c1-13-8-10-15(11-9-13)24(19,20)22-12-16(17(18)21-2)23-14-6-4-3-5-7-14/h3-12H,1-2H3/b16-12+. The van der Waals surface area contributed by atoms with Crippen LogP contribution in [-0.2, 0) is 23.8 Å². The normalized spacial score (nSPS) is 11.7. The number of hydrogen-bond acceptors (Lipinski definition) is 6. The lowest BCUT2D eigenvalue weighted by Crippen LogP contribution is -2.13. The highest BCUT2D eigenvalue weighted by molar-refractivity contribution is 7.86. The van der Waals surface area contributed by atoms with Crippen molar-refractivity contribution in [1.82, 2.24) is 0 Å². The van der Waals surface area contributed by atoms with Gasteiger partial charge in [-0.2, -0.15) is 8.42 Å². The van der Waals surface area contributed by atoms with Gasteiger partial charge in [-0.1, -0.05) is 35.9 Å². The van der Waals surface area contributed by atoms with Gasteiger partial charge >= 0.3 is 16.1 Å². The van der Waals surface area contributed by atoms with Crippen LogP contribution in [0.25, 0.3) is 0 Å². The van der Waals surface area contributed by atoms with Gasteiger partial charge in [0.1, 0.15) is 10.6 Å². The summed E-state index contributed by atoms with van der Waals surface area (Å²) in [5.74, 6) is -0.914. The second-order valence-corrected chi connectivity index (χ2v) is 6.32. The molecule has 7 heteroatoms. The second kappa shape index (κ2) is 7.65. The lowest BCUT2D eigenvalue weighted by atomic mass is 10.2. The van der Waals surface area contributed by atoms with Crippen LogP contribution < -0.4 is 4.74 Å². The van der Waals surface area contributed by atoms with Crippen molar-refractivity contribution in [3.05, 3.63) is 72.2 Å². The average Bonchev–Trinajstić information content (AvgIpc) is 2.59. The monoisotopic (exact) mass is 348 g/mol. The zero-order chi connectivity index (χ0) is 17.6. The molecule has 0 fully saturated rings. The molecule has 0 heterocycles. The molecular formula is C17H16O6S. The molecule has 0 atom stereocenters. The number of benzene rings is 2. The molecule has 24 heavy (non-hydrogen) atoms. The maximum atomic E-state index is 12.1. The molecule has 0 aromatic heterocycles. The molecule has 0 radical (unpaired) electrons. The van der Waals surface area contributed by atoms with E-state index in [1.807, 2.05) is 6.92 Å². The average molecular weight is 348 g/mol. The first-order valence-electron chi connectivity index (χ1n) is 6.94. The van der Waals surface area contributed by atoms with Crippen molar-refractivity contribution < 1.29 is 26.9 Å². The van der Waals surface area contributed by atoms with Crippen molar-refractivity contribution in [2.45, 2.75) is 11.8 Å². The van der Waals surface area contributed by atoms with Gasteiger partial charge in [-0.25, -0.2) is 4.79 Å². The highest BCUT2D eigenvalue weighted by Crippen LogP contribution is 2.17. The third-order valence-corrected chi connectivity index (χ3v) is 4.15. The van der Waals surface area contributed by atoms with E-state index in [9.17, 15) is 13.2 Å². The van der Waals surface area contributed by atoms with Crippen LogP contribution in [0, 0.1) is 6.92 Å². The third kappa shape index (κ3) is 4.60. The minimum absolute atomic E-state index is 0.0340. The van der Waals surface area contributed by atoms with E-state index in [0.717, 1.165) is 12.7 Å². The van der Waals surface area contributed by atoms with E-state index in [2.05, 4.69) is 4.74 Å². The summed E-state index contributed by atoms with van der Waals surface area (Å²) < 4.78 is 38.9. The molecule has 0 bridgehead atoms. The highest BCUT2D eigenvalue weighted by atomic mass is 32.2. The molecule has 0 saturated carbocycles. The van der Waals surface area contributed by atoms with Crippen molar-refractivity contribution in [2.24, 2.45) is 0 Å². The topological polar surface area (TPSA) is 78.9 Å². The first-order valence-corrected chi connectivity index (χ1v) is 8.34. The van der Waals surface area contributed by atoms with E-state index in [-0.39, 0.29) is 10.7 Å². The van der Waals surface area contributed by atoms with E-state index in [0.29, 0.717) is 12.0 Å². The summed E-state index contributed by atoms with van der Waals surface area (Å²) in [6.07, 6.45) is 0.716. The summed E-state index contributed by atoms with van der Waals surface area (Å²) in [6.45, 7) is 1.83. The largest absolute Gasteiger partial charge is 0.463 e. The number of rotatable bonds is 6.